The zero-order valence-electron chi connectivity index (χ0n) is 13.9. The summed E-state index contributed by atoms with van der Waals surface area (Å²) < 4.78 is 21.0. The van der Waals surface area contributed by atoms with E-state index in [0.29, 0.717) is 0 Å². The van der Waals surface area contributed by atoms with Crippen molar-refractivity contribution in [3.8, 4) is 0 Å². The van der Waals surface area contributed by atoms with Crippen molar-refractivity contribution in [1.82, 2.24) is 0 Å². The number of carbonyl (C=O) groups excluding carboxylic acids is 4. The standard InChI is InChI=1S/C16H20O8/c1-7(17)21-11-5-6-12(22-8(2)18)14-13(11)15(23-9(3)19)16(14)24-10(4)20/h5-6,11-16H,1-4H3/t11-,12+,13+,14-,15-,16-/m0/s1. The van der Waals surface area contributed by atoms with Crippen LogP contribution in [-0.2, 0) is 38.1 Å². The van der Waals surface area contributed by atoms with Crippen LogP contribution in [-0.4, -0.2) is 48.3 Å². The van der Waals surface area contributed by atoms with Gasteiger partial charge in [0.2, 0.25) is 0 Å². The highest BCUT2D eigenvalue weighted by Gasteiger charge is 2.63. The van der Waals surface area contributed by atoms with Crippen molar-refractivity contribution >= 4 is 23.9 Å². The van der Waals surface area contributed by atoms with Crippen LogP contribution in [0, 0.1) is 11.8 Å². The van der Waals surface area contributed by atoms with E-state index in [1.165, 1.54) is 27.7 Å². The lowest BCUT2D eigenvalue weighted by Crippen LogP contribution is -2.67. The fraction of sp³-hybridized carbons (Fsp3) is 0.625. The Morgan fingerprint density at radius 1 is 0.583 bits per heavy atom. The van der Waals surface area contributed by atoms with E-state index in [1.807, 2.05) is 0 Å². The van der Waals surface area contributed by atoms with E-state index >= 15 is 0 Å². The van der Waals surface area contributed by atoms with Crippen LogP contribution in [0.4, 0.5) is 0 Å². The molecule has 132 valence electrons. The molecule has 0 spiro atoms. The molecule has 0 amide bonds. The van der Waals surface area contributed by atoms with E-state index in [1.54, 1.807) is 12.2 Å². The van der Waals surface area contributed by atoms with Gasteiger partial charge in [-0.1, -0.05) is 0 Å². The Balaban J connectivity index is 2.31. The van der Waals surface area contributed by atoms with E-state index < -0.39 is 60.1 Å². The van der Waals surface area contributed by atoms with Crippen LogP contribution in [0.1, 0.15) is 27.7 Å². The molecule has 2 rings (SSSR count). The Bertz CT molecular complexity index is 531. The van der Waals surface area contributed by atoms with Crippen molar-refractivity contribution in [1.29, 1.82) is 0 Å². The van der Waals surface area contributed by atoms with Crippen molar-refractivity contribution in [2.45, 2.75) is 52.1 Å². The van der Waals surface area contributed by atoms with Gasteiger partial charge in [0, 0.05) is 27.7 Å². The summed E-state index contributed by atoms with van der Waals surface area (Å²) in [6.45, 7) is 5.01. The van der Waals surface area contributed by atoms with Gasteiger partial charge in [0.15, 0.2) is 0 Å². The summed E-state index contributed by atoms with van der Waals surface area (Å²) in [7, 11) is 0. The molecular weight excluding hydrogens is 320 g/mol. The van der Waals surface area contributed by atoms with Crippen molar-refractivity contribution in [2.75, 3.05) is 0 Å². The van der Waals surface area contributed by atoms with Crippen LogP contribution >= 0.6 is 0 Å². The summed E-state index contributed by atoms with van der Waals surface area (Å²) in [6, 6.07) is 0. The van der Waals surface area contributed by atoms with Gasteiger partial charge in [-0.05, 0) is 12.2 Å². The molecule has 2 aliphatic carbocycles. The molecule has 0 unspecified atom stereocenters. The van der Waals surface area contributed by atoms with Gasteiger partial charge in [0.1, 0.15) is 24.4 Å². The molecule has 1 saturated carbocycles. The number of ether oxygens (including phenoxy) is 4. The molecule has 1 fully saturated rings. The minimum atomic E-state index is -0.774. The molecule has 0 aromatic carbocycles. The van der Waals surface area contributed by atoms with Gasteiger partial charge in [-0.15, -0.1) is 0 Å². The molecule has 0 heterocycles. The first-order valence-corrected chi connectivity index (χ1v) is 7.58. The van der Waals surface area contributed by atoms with Gasteiger partial charge in [0.05, 0.1) is 11.8 Å². The Kier molecular flexibility index (Phi) is 5.26. The normalized spacial score (nSPS) is 33.5. The molecule has 0 aliphatic heterocycles. The smallest absolute Gasteiger partial charge is 0.303 e. The second-order valence-corrected chi connectivity index (χ2v) is 5.84. The third kappa shape index (κ3) is 3.74. The molecule has 0 bridgehead atoms. The van der Waals surface area contributed by atoms with Crippen LogP contribution in [0.15, 0.2) is 12.2 Å². The van der Waals surface area contributed by atoms with E-state index in [9.17, 15) is 19.2 Å². The van der Waals surface area contributed by atoms with Crippen molar-refractivity contribution in [3.63, 3.8) is 0 Å². The molecular formula is C16H20O8. The maximum Gasteiger partial charge on any atom is 0.303 e. The van der Waals surface area contributed by atoms with E-state index in [-0.39, 0.29) is 0 Å². The van der Waals surface area contributed by atoms with Crippen LogP contribution in [0.3, 0.4) is 0 Å². The fourth-order valence-corrected chi connectivity index (χ4v) is 3.31. The van der Waals surface area contributed by atoms with Gasteiger partial charge in [-0.25, -0.2) is 0 Å². The van der Waals surface area contributed by atoms with Crippen molar-refractivity contribution in [3.05, 3.63) is 12.2 Å². The molecule has 0 radical (unpaired) electrons. The van der Waals surface area contributed by atoms with E-state index in [2.05, 4.69) is 0 Å². The monoisotopic (exact) mass is 340 g/mol. The molecule has 24 heavy (non-hydrogen) atoms. The molecule has 0 saturated heterocycles. The highest BCUT2D eigenvalue weighted by molar-refractivity contribution is 5.69. The highest BCUT2D eigenvalue weighted by Crippen LogP contribution is 2.48. The third-order valence-electron chi connectivity index (χ3n) is 3.98. The summed E-state index contributed by atoms with van der Waals surface area (Å²) in [6.07, 6.45) is 0.325. The fourth-order valence-electron chi connectivity index (χ4n) is 3.31. The van der Waals surface area contributed by atoms with Gasteiger partial charge in [-0.3, -0.25) is 19.2 Å². The minimum absolute atomic E-state index is 0.462. The van der Waals surface area contributed by atoms with Crippen LogP contribution < -0.4 is 0 Å². The summed E-state index contributed by atoms with van der Waals surface area (Å²) in [4.78, 5) is 45.3. The summed E-state index contributed by atoms with van der Waals surface area (Å²) >= 11 is 0. The summed E-state index contributed by atoms with van der Waals surface area (Å²) in [5, 5.41) is 0. The van der Waals surface area contributed by atoms with E-state index in [4.69, 9.17) is 18.9 Å². The first-order valence-electron chi connectivity index (χ1n) is 7.58. The summed E-state index contributed by atoms with van der Waals surface area (Å²) in [5.41, 5.74) is 0. The predicted octanol–water partition coefficient (Wildman–Crippen LogP) is 0.529. The lowest BCUT2D eigenvalue weighted by atomic mass is 9.60. The number of hydrogen-bond acceptors (Lipinski definition) is 8. The molecule has 8 heteroatoms. The Morgan fingerprint density at radius 2 is 0.875 bits per heavy atom. The largest absolute Gasteiger partial charge is 0.458 e. The quantitative estimate of drug-likeness (QED) is 0.414. The van der Waals surface area contributed by atoms with Crippen LogP contribution in [0.2, 0.25) is 0 Å². The van der Waals surface area contributed by atoms with Crippen molar-refractivity contribution in [2.24, 2.45) is 11.8 Å². The molecule has 6 atom stereocenters. The second-order valence-electron chi connectivity index (χ2n) is 5.84. The Hall–Kier alpha value is -2.38. The topological polar surface area (TPSA) is 105 Å². The number of hydrogen-bond donors (Lipinski definition) is 0. The maximum absolute atomic E-state index is 11.4. The first-order chi connectivity index (χ1) is 11.2. The predicted molar refractivity (Wildman–Crippen MR) is 78.3 cm³/mol. The van der Waals surface area contributed by atoms with Crippen LogP contribution in [0.5, 0.6) is 0 Å². The molecule has 0 N–H and O–H groups in total. The zero-order chi connectivity index (χ0) is 18.0. The number of fused-ring (bicyclic) bond motifs is 1. The molecule has 0 aromatic rings. The average Bonchev–Trinajstić information content (AvgIpc) is 2.42. The van der Waals surface area contributed by atoms with Gasteiger partial charge in [-0.2, -0.15) is 0 Å². The van der Waals surface area contributed by atoms with E-state index in [0.717, 1.165) is 0 Å². The van der Waals surface area contributed by atoms with Gasteiger partial charge in [0.25, 0.3) is 0 Å². The lowest BCUT2D eigenvalue weighted by molar-refractivity contribution is -0.242. The first kappa shape index (κ1) is 18.0. The van der Waals surface area contributed by atoms with Gasteiger partial charge >= 0.3 is 23.9 Å². The van der Waals surface area contributed by atoms with Crippen LogP contribution in [0.25, 0.3) is 0 Å². The molecule has 2 aliphatic rings. The molecule has 8 nitrogen and oxygen atoms in total. The van der Waals surface area contributed by atoms with Crippen molar-refractivity contribution < 1.29 is 38.1 Å². The Labute approximate surface area is 139 Å². The summed E-state index contributed by atoms with van der Waals surface area (Å²) in [5.74, 6) is -3.00. The number of rotatable bonds is 4. The average molecular weight is 340 g/mol. The second kappa shape index (κ2) is 7.02. The maximum atomic E-state index is 11.4. The van der Waals surface area contributed by atoms with Gasteiger partial charge < -0.3 is 18.9 Å². The number of esters is 4. The molecule has 0 aromatic heterocycles. The SMILES string of the molecule is CC(=O)O[C@@H]1[C@@H](OC(C)=O)[C@H]2[C@@H]1[C@H](OC(C)=O)C=C[C@@H]2OC(C)=O. The highest BCUT2D eigenvalue weighted by atomic mass is 16.6. The zero-order valence-corrected chi connectivity index (χ0v) is 13.9. The minimum Gasteiger partial charge on any atom is -0.458 e. The third-order valence-corrected chi connectivity index (χ3v) is 3.98. The lowest BCUT2D eigenvalue weighted by Gasteiger charge is -2.54. The Morgan fingerprint density at radius 3 is 1.12 bits per heavy atom. The number of carbonyl (C=O) groups is 4.